The van der Waals surface area contributed by atoms with Gasteiger partial charge in [-0.2, -0.15) is 11.8 Å². The molecule has 0 spiro atoms. The van der Waals surface area contributed by atoms with Gasteiger partial charge in [-0.1, -0.05) is 30.3 Å². The zero-order chi connectivity index (χ0) is 27.6. The Hall–Kier alpha value is -2.28. The molecule has 0 radical (unpaired) electrons. The highest BCUT2D eigenvalue weighted by atomic mass is 32.2. The summed E-state index contributed by atoms with van der Waals surface area (Å²) in [7, 11) is 0. The second-order valence-electron chi connectivity index (χ2n) is 8.39. The number of aromatic hydroxyl groups is 1. The van der Waals surface area contributed by atoms with Gasteiger partial charge in [-0.15, -0.1) is 0 Å². The van der Waals surface area contributed by atoms with Gasteiger partial charge in [0.2, 0.25) is 16.9 Å². The Morgan fingerprint density at radius 3 is 2.30 bits per heavy atom. The maximum atomic E-state index is 13.2. The second-order valence-corrected chi connectivity index (χ2v) is 10.5. The minimum atomic E-state index is -0.906. The van der Waals surface area contributed by atoms with Crippen molar-refractivity contribution in [2.45, 2.75) is 63.6 Å². The third kappa shape index (κ3) is 13.7. The quantitative estimate of drug-likeness (QED) is 0.131. The van der Waals surface area contributed by atoms with Crippen LogP contribution in [0.15, 0.2) is 24.3 Å². The number of phenolic OH excluding ortho intramolecular Hbond substituents is 1. The number of nitrogens with one attached hydrogen (secondary N) is 2. The molecule has 1 aromatic rings. The molecular formula is C25H40N4O6S2. The van der Waals surface area contributed by atoms with Crippen molar-refractivity contribution in [1.29, 1.82) is 0 Å². The summed E-state index contributed by atoms with van der Waals surface area (Å²) in [5.74, 6) is -0.398. The molecule has 0 unspecified atom stereocenters. The summed E-state index contributed by atoms with van der Waals surface area (Å²) < 4.78 is 4.90. The van der Waals surface area contributed by atoms with Crippen LogP contribution in [0, 0.1) is 0 Å². The van der Waals surface area contributed by atoms with Gasteiger partial charge < -0.3 is 31.9 Å². The van der Waals surface area contributed by atoms with E-state index in [1.807, 2.05) is 6.26 Å². The van der Waals surface area contributed by atoms with Crippen molar-refractivity contribution >= 4 is 46.4 Å². The SMILES string of the molecule is CCOC(=O)CCSC(=O)[C@H](Cc1ccc(O)cc1)NC(=O)[C@H](CCSC)NC(=O)[C@@H](N)CCCCN. The topological polar surface area (TPSA) is 174 Å². The minimum absolute atomic E-state index is 0.0680. The highest BCUT2D eigenvalue weighted by Gasteiger charge is 2.28. The second kappa shape index (κ2) is 18.9. The third-order valence-corrected chi connectivity index (χ3v) is 7.00. The average molecular weight is 557 g/mol. The average Bonchev–Trinajstić information content (AvgIpc) is 2.87. The maximum absolute atomic E-state index is 13.2. The van der Waals surface area contributed by atoms with Crippen molar-refractivity contribution in [3.63, 3.8) is 0 Å². The zero-order valence-corrected chi connectivity index (χ0v) is 23.2. The third-order valence-electron chi connectivity index (χ3n) is 5.38. The number of benzene rings is 1. The van der Waals surface area contributed by atoms with Crippen LogP contribution in [0.1, 0.15) is 44.6 Å². The lowest BCUT2D eigenvalue weighted by Crippen LogP contribution is -2.54. The van der Waals surface area contributed by atoms with Gasteiger partial charge in [0, 0.05) is 12.2 Å². The molecule has 0 aliphatic rings. The standard InChI is InChI=1S/C25H40N4O6S2/c1-3-35-22(31)12-15-37-25(34)21(16-17-7-9-18(30)10-8-17)29-24(33)20(11-14-36-2)28-23(32)19(27)6-4-5-13-26/h7-10,19-21,30H,3-6,11-16,26-27H2,1-2H3,(H,28,32)(H,29,33)/t19-,20-,21-/m0/s1. The van der Waals surface area contributed by atoms with E-state index in [4.69, 9.17) is 16.2 Å². The maximum Gasteiger partial charge on any atom is 0.306 e. The van der Waals surface area contributed by atoms with Crippen molar-refractivity contribution in [3.05, 3.63) is 29.8 Å². The first-order chi connectivity index (χ1) is 17.7. The van der Waals surface area contributed by atoms with E-state index in [1.54, 1.807) is 19.1 Å². The molecule has 0 fully saturated rings. The summed E-state index contributed by atoms with van der Waals surface area (Å²) >= 11 is 2.47. The molecular weight excluding hydrogens is 516 g/mol. The van der Waals surface area contributed by atoms with Crippen LogP contribution in [0.5, 0.6) is 5.75 Å². The first-order valence-corrected chi connectivity index (χ1v) is 14.7. The molecule has 1 aromatic carbocycles. The zero-order valence-electron chi connectivity index (χ0n) is 21.6. The van der Waals surface area contributed by atoms with E-state index in [0.29, 0.717) is 31.6 Å². The van der Waals surface area contributed by atoms with Crippen molar-refractivity contribution < 1.29 is 29.0 Å². The molecule has 0 aliphatic heterocycles. The Kier molecular flexibility index (Phi) is 16.7. The molecule has 0 aliphatic carbocycles. The highest BCUT2D eigenvalue weighted by Crippen LogP contribution is 2.16. The van der Waals surface area contributed by atoms with Crippen LogP contribution in [0.4, 0.5) is 0 Å². The minimum Gasteiger partial charge on any atom is -0.508 e. The number of amides is 2. The molecule has 12 heteroatoms. The number of phenols is 1. The van der Waals surface area contributed by atoms with Crippen LogP contribution < -0.4 is 22.1 Å². The van der Waals surface area contributed by atoms with E-state index in [0.717, 1.165) is 23.7 Å². The number of hydrogen-bond donors (Lipinski definition) is 5. The summed E-state index contributed by atoms with van der Waals surface area (Å²) in [6.45, 7) is 2.48. The Balaban J connectivity index is 2.93. The van der Waals surface area contributed by atoms with Gasteiger partial charge in [0.05, 0.1) is 19.1 Å². The molecule has 10 nitrogen and oxygen atoms in total. The van der Waals surface area contributed by atoms with E-state index >= 15 is 0 Å². The Labute approximate surface area is 227 Å². The van der Waals surface area contributed by atoms with Crippen LogP contribution >= 0.6 is 23.5 Å². The lowest BCUT2D eigenvalue weighted by atomic mass is 10.1. The van der Waals surface area contributed by atoms with Gasteiger partial charge in [0.1, 0.15) is 17.8 Å². The van der Waals surface area contributed by atoms with Gasteiger partial charge >= 0.3 is 5.97 Å². The molecule has 37 heavy (non-hydrogen) atoms. The van der Waals surface area contributed by atoms with Gasteiger partial charge in [-0.25, -0.2) is 0 Å². The number of unbranched alkanes of at least 4 members (excludes halogenated alkanes) is 1. The van der Waals surface area contributed by atoms with Crippen molar-refractivity contribution in [3.8, 4) is 5.75 Å². The molecule has 2 amide bonds. The van der Waals surface area contributed by atoms with Gasteiger partial charge in [-0.05, 0) is 62.4 Å². The van der Waals surface area contributed by atoms with E-state index in [1.165, 1.54) is 23.9 Å². The Morgan fingerprint density at radius 1 is 1.00 bits per heavy atom. The largest absolute Gasteiger partial charge is 0.508 e. The van der Waals surface area contributed by atoms with E-state index in [-0.39, 0.29) is 36.1 Å². The van der Waals surface area contributed by atoms with E-state index < -0.39 is 35.9 Å². The first-order valence-electron chi connectivity index (χ1n) is 12.4. The van der Waals surface area contributed by atoms with Crippen LogP contribution in [0.25, 0.3) is 0 Å². The lowest BCUT2D eigenvalue weighted by molar-refractivity contribution is -0.142. The van der Waals surface area contributed by atoms with Gasteiger partial charge in [-0.3, -0.25) is 19.2 Å². The molecule has 7 N–H and O–H groups in total. The first kappa shape index (κ1) is 32.7. The summed E-state index contributed by atoms with van der Waals surface area (Å²) in [6, 6.07) is 3.80. The monoisotopic (exact) mass is 556 g/mol. The molecule has 0 heterocycles. The molecule has 3 atom stereocenters. The number of carbonyl (C=O) groups excluding carboxylic acids is 4. The van der Waals surface area contributed by atoms with Crippen molar-refractivity contribution in [1.82, 2.24) is 10.6 Å². The lowest BCUT2D eigenvalue weighted by Gasteiger charge is -2.24. The fourth-order valence-electron chi connectivity index (χ4n) is 3.32. The predicted octanol–water partition coefficient (Wildman–Crippen LogP) is 1.33. The fourth-order valence-corrected chi connectivity index (χ4v) is 4.61. The molecule has 0 saturated carbocycles. The number of esters is 1. The van der Waals surface area contributed by atoms with Crippen molar-refractivity contribution in [2.75, 3.05) is 30.9 Å². The van der Waals surface area contributed by atoms with Gasteiger partial charge in [0.25, 0.3) is 0 Å². The summed E-state index contributed by atoms with van der Waals surface area (Å²) in [5.41, 5.74) is 12.2. The number of ether oxygens (including phenoxy) is 1. The number of thioether (sulfide) groups is 2. The van der Waals surface area contributed by atoms with Crippen LogP contribution in [0.3, 0.4) is 0 Å². The van der Waals surface area contributed by atoms with Gasteiger partial charge in [0.15, 0.2) is 0 Å². The predicted molar refractivity (Wildman–Crippen MR) is 148 cm³/mol. The smallest absolute Gasteiger partial charge is 0.306 e. The summed E-state index contributed by atoms with van der Waals surface area (Å²) in [5, 5.41) is 14.8. The normalized spacial score (nSPS) is 13.3. The number of nitrogens with two attached hydrogens (primary N) is 2. The highest BCUT2D eigenvalue weighted by molar-refractivity contribution is 8.13. The summed E-state index contributed by atoms with van der Waals surface area (Å²) in [4.78, 5) is 50.5. The Bertz CT molecular complexity index is 856. The number of carbonyl (C=O) groups is 4. The molecule has 0 saturated heterocycles. The number of rotatable bonds is 18. The molecule has 0 aromatic heterocycles. The van der Waals surface area contributed by atoms with E-state index in [2.05, 4.69) is 10.6 Å². The summed E-state index contributed by atoms with van der Waals surface area (Å²) in [6.07, 6.45) is 4.43. The van der Waals surface area contributed by atoms with E-state index in [9.17, 15) is 24.3 Å². The van der Waals surface area contributed by atoms with Crippen LogP contribution in [-0.4, -0.2) is 77.0 Å². The van der Waals surface area contributed by atoms with Crippen LogP contribution in [-0.2, 0) is 30.3 Å². The molecule has 1 rings (SSSR count). The number of hydrogen-bond acceptors (Lipinski definition) is 10. The van der Waals surface area contributed by atoms with Crippen LogP contribution in [0.2, 0.25) is 0 Å². The van der Waals surface area contributed by atoms with Crippen molar-refractivity contribution in [2.24, 2.45) is 11.5 Å². The molecule has 0 bridgehead atoms. The fraction of sp³-hybridized carbons (Fsp3) is 0.600. The Morgan fingerprint density at radius 2 is 1.68 bits per heavy atom. The molecule has 208 valence electrons.